The van der Waals surface area contributed by atoms with Gasteiger partial charge in [0.15, 0.2) is 16.4 Å². The minimum atomic E-state index is -0.819. The lowest BCUT2D eigenvalue weighted by atomic mass is 9.91. The summed E-state index contributed by atoms with van der Waals surface area (Å²) in [6, 6.07) is 12.0. The van der Waals surface area contributed by atoms with E-state index in [4.69, 9.17) is 32.7 Å². The number of imidazole rings is 1. The average molecular weight is 496 g/mol. The molecule has 1 spiro atoms. The lowest BCUT2D eigenvalue weighted by Gasteiger charge is -2.24. The summed E-state index contributed by atoms with van der Waals surface area (Å²) in [6.45, 7) is 0.700. The van der Waals surface area contributed by atoms with Crippen LogP contribution in [0.5, 0.6) is 11.8 Å². The number of ether oxygens (including phenoxy) is 2. The van der Waals surface area contributed by atoms with E-state index in [1.165, 1.54) is 12.4 Å². The zero-order valence-corrected chi connectivity index (χ0v) is 18.9. The molecule has 170 valence electrons. The number of benzene rings is 2. The van der Waals surface area contributed by atoms with E-state index in [9.17, 15) is 9.59 Å². The van der Waals surface area contributed by atoms with Crippen LogP contribution in [0.1, 0.15) is 32.7 Å². The Kier molecular flexibility index (Phi) is 4.72. The average Bonchev–Trinajstić information content (AvgIpc) is 3.53. The highest BCUT2D eigenvalue weighted by molar-refractivity contribution is 6.34. The number of aromatic amines is 1. The number of nitrogens with one attached hydrogen (secondary N) is 1. The Balaban J connectivity index is 1.22. The predicted octanol–water partition coefficient (Wildman–Crippen LogP) is 4.36. The summed E-state index contributed by atoms with van der Waals surface area (Å²) in [5.74, 6) is -0.278. The Bertz CT molecular complexity index is 1490. The summed E-state index contributed by atoms with van der Waals surface area (Å²) in [7, 11) is 0. The van der Waals surface area contributed by atoms with Gasteiger partial charge >= 0.3 is 12.0 Å². The van der Waals surface area contributed by atoms with Crippen LogP contribution in [0.15, 0.2) is 48.8 Å². The van der Waals surface area contributed by atoms with Crippen molar-refractivity contribution in [3.05, 3.63) is 75.7 Å². The van der Waals surface area contributed by atoms with E-state index in [0.717, 1.165) is 5.56 Å². The topological polar surface area (TPSA) is 110 Å². The standard InChI is InChI=1S/C23H15Cl2N5O4/c24-16-9-12(33-22-28-18(25)17-19(29-22)27-11-26-17)5-6-14(16)20(31)30-8-7-23(10-30)15-4-2-1-3-13(15)21(32)34-23/h1-6,9,11H,7-8,10H2,(H,26,27,28,29)/t23-/m0/s1. The second-order valence-corrected chi connectivity index (χ2v) is 8.81. The first kappa shape index (κ1) is 20.9. The van der Waals surface area contributed by atoms with Crippen molar-refractivity contribution in [1.82, 2.24) is 24.8 Å². The molecule has 0 saturated carbocycles. The highest BCUT2D eigenvalue weighted by Gasteiger charge is 2.51. The number of esters is 1. The van der Waals surface area contributed by atoms with E-state index >= 15 is 0 Å². The molecular weight excluding hydrogens is 481 g/mol. The van der Waals surface area contributed by atoms with Crippen molar-refractivity contribution in [2.45, 2.75) is 12.0 Å². The largest absolute Gasteiger partial charge is 0.449 e. The number of carbonyl (C=O) groups excluding carboxylic acids is 2. The summed E-state index contributed by atoms with van der Waals surface area (Å²) >= 11 is 12.5. The Morgan fingerprint density at radius 2 is 2.03 bits per heavy atom. The van der Waals surface area contributed by atoms with Crippen molar-refractivity contribution < 1.29 is 19.1 Å². The van der Waals surface area contributed by atoms with E-state index < -0.39 is 5.60 Å². The maximum Gasteiger partial charge on any atom is 0.339 e. The molecular formula is C23H15Cl2N5O4. The Morgan fingerprint density at radius 1 is 1.18 bits per heavy atom. The van der Waals surface area contributed by atoms with Crippen LogP contribution in [0, 0.1) is 0 Å². The fourth-order valence-corrected chi connectivity index (χ4v) is 4.90. The van der Waals surface area contributed by atoms with Crippen LogP contribution < -0.4 is 4.74 Å². The lowest BCUT2D eigenvalue weighted by Crippen LogP contribution is -2.34. The van der Waals surface area contributed by atoms with Gasteiger partial charge in [-0.15, -0.1) is 0 Å². The maximum atomic E-state index is 13.2. The molecule has 6 rings (SSSR count). The highest BCUT2D eigenvalue weighted by Crippen LogP contribution is 2.43. The summed E-state index contributed by atoms with van der Waals surface area (Å²) in [5.41, 5.74) is 1.73. The van der Waals surface area contributed by atoms with E-state index in [2.05, 4.69) is 19.9 Å². The van der Waals surface area contributed by atoms with Crippen molar-refractivity contribution in [3.8, 4) is 11.8 Å². The molecule has 0 bridgehead atoms. The fraction of sp³-hybridized carbons (Fsp3) is 0.174. The molecule has 34 heavy (non-hydrogen) atoms. The van der Waals surface area contributed by atoms with E-state index in [-0.39, 0.29) is 34.6 Å². The Labute approximate surface area is 202 Å². The molecule has 11 heteroatoms. The molecule has 2 aliphatic rings. The minimum Gasteiger partial charge on any atom is -0.449 e. The summed E-state index contributed by atoms with van der Waals surface area (Å²) < 4.78 is 11.4. The van der Waals surface area contributed by atoms with Gasteiger partial charge in [0.1, 0.15) is 11.3 Å². The Morgan fingerprint density at radius 3 is 2.88 bits per heavy atom. The second kappa shape index (κ2) is 7.68. The summed E-state index contributed by atoms with van der Waals surface area (Å²) in [4.78, 5) is 42.4. The number of nitrogens with zero attached hydrogens (tertiary/aromatic N) is 4. The SMILES string of the molecule is O=C1O[C@]2(CCN(C(=O)c3ccc(Oc4nc(Cl)c5nc[nH]c5n4)cc3Cl)C2)c2ccccc21. The zero-order valence-electron chi connectivity index (χ0n) is 17.4. The lowest BCUT2D eigenvalue weighted by molar-refractivity contribution is -0.00306. The molecule has 2 aromatic carbocycles. The smallest absolute Gasteiger partial charge is 0.339 e. The molecule has 1 atom stereocenters. The van der Waals surface area contributed by atoms with Gasteiger partial charge in [-0.3, -0.25) is 4.79 Å². The monoisotopic (exact) mass is 495 g/mol. The van der Waals surface area contributed by atoms with Gasteiger partial charge in [0.2, 0.25) is 0 Å². The summed E-state index contributed by atoms with van der Waals surface area (Å²) in [6.07, 6.45) is 1.98. The van der Waals surface area contributed by atoms with Gasteiger partial charge in [0.25, 0.3) is 5.91 Å². The molecule has 0 radical (unpaired) electrons. The molecule has 1 amide bonds. The van der Waals surface area contributed by atoms with Crippen LogP contribution in [-0.2, 0) is 10.3 Å². The fourth-order valence-electron chi connectivity index (χ4n) is 4.44. The van der Waals surface area contributed by atoms with Gasteiger partial charge in [-0.2, -0.15) is 9.97 Å². The number of aromatic nitrogens is 4. The number of hydrogen-bond acceptors (Lipinski definition) is 7. The number of fused-ring (bicyclic) bond motifs is 3. The molecule has 2 aromatic heterocycles. The number of likely N-dealkylation sites (tertiary alicyclic amines) is 1. The van der Waals surface area contributed by atoms with Gasteiger partial charge in [-0.25, -0.2) is 9.78 Å². The van der Waals surface area contributed by atoms with Crippen molar-refractivity contribution in [2.24, 2.45) is 0 Å². The first-order chi connectivity index (χ1) is 16.4. The number of carbonyl (C=O) groups is 2. The molecule has 0 unspecified atom stereocenters. The van der Waals surface area contributed by atoms with Gasteiger partial charge in [0.05, 0.1) is 29.0 Å². The molecule has 1 fully saturated rings. The van der Waals surface area contributed by atoms with E-state index in [1.807, 2.05) is 12.1 Å². The van der Waals surface area contributed by atoms with Gasteiger partial charge in [-0.05, 0) is 18.2 Å². The molecule has 4 heterocycles. The number of halogens is 2. The third-order valence-corrected chi connectivity index (χ3v) is 6.62. The third kappa shape index (κ3) is 3.27. The van der Waals surface area contributed by atoms with Crippen LogP contribution in [0.2, 0.25) is 10.2 Å². The zero-order chi connectivity index (χ0) is 23.4. The molecule has 9 nitrogen and oxygen atoms in total. The molecule has 4 aromatic rings. The normalized spacial score (nSPS) is 19.0. The minimum absolute atomic E-state index is 0.0140. The van der Waals surface area contributed by atoms with Gasteiger partial charge < -0.3 is 19.4 Å². The highest BCUT2D eigenvalue weighted by atomic mass is 35.5. The number of rotatable bonds is 3. The van der Waals surface area contributed by atoms with Crippen LogP contribution in [0.3, 0.4) is 0 Å². The molecule has 1 saturated heterocycles. The predicted molar refractivity (Wildman–Crippen MR) is 122 cm³/mol. The molecule has 1 N–H and O–H groups in total. The van der Waals surface area contributed by atoms with Crippen LogP contribution in [0.4, 0.5) is 0 Å². The number of H-pyrrole nitrogens is 1. The van der Waals surface area contributed by atoms with Crippen molar-refractivity contribution in [2.75, 3.05) is 13.1 Å². The maximum absolute atomic E-state index is 13.2. The van der Waals surface area contributed by atoms with Crippen molar-refractivity contribution >= 4 is 46.2 Å². The molecule has 0 aliphatic carbocycles. The van der Waals surface area contributed by atoms with E-state index in [0.29, 0.717) is 41.0 Å². The third-order valence-electron chi connectivity index (χ3n) is 6.04. The van der Waals surface area contributed by atoms with Gasteiger partial charge in [0, 0.05) is 24.6 Å². The van der Waals surface area contributed by atoms with E-state index in [1.54, 1.807) is 29.2 Å². The van der Waals surface area contributed by atoms with Crippen LogP contribution in [-0.4, -0.2) is 49.8 Å². The quantitative estimate of drug-likeness (QED) is 0.332. The number of amides is 1. The van der Waals surface area contributed by atoms with Crippen LogP contribution >= 0.6 is 23.2 Å². The first-order valence-electron chi connectivity index (χ1n) is 10.4. The molecule has 2 aliphatic heterocycles. The first-order valence-corrected chi connectivity index (χ1v) is 11.2. The van der Waals surface area contributed by atoms with Crippen molar-refractivity contribution in [3.63, 3.8) is 0 Å². The number of hydrogen-bond donors (Lipinski definition) is 1. The Hall–Kier alpha value is -3.69. The summed E-state index contributed by atoms with van der Waals surface area (Å²) in [5, 5.41) is 0.359. The second-order valence-electron chi connectivity index (χ2n) is 8.05. The van der Waals surface area contributed by atoms with Gasteiger partial charge in [-0.1, -0.05) is 41.4 Å². The van der Waals surface area contributed by atoms with Crippen LogP contribution in [0.25, 0.3) is 11.2 Å². The van der Waals surface area contributed by atoms with Crippen molar-refractivity contribution in [1.29, 1.82) is 0 Å².